The molecule has 2 unspecified atom stereocenters. The van der Waals surface area contributed by atoms with Gasteiger partial charge in [-0.05, 0) is 35.6 Å². The van der Waals surface area contributed by atoms with Gasteiger partial charge in [-0.25, -0.2) is 4.39 Å². The summed E-state index contributed by atoms with van der Waals surface area (Å²) in [6.45, 7) is 6.15. The standard InChI is InChI=1S/C14H21ClFNO/c1-14(2,3)13(18-4)12(17)8-9-7-10(15)5-6-11(9)16/h5-7,12-13H,8,17H2,1-4H3. The summed E-state index contributed by atoms with van der Waals surface area (Å²) in [4.78, 5) is 0. The van der Waals surface area contributed by atoms with Gasteiger partial charge in [0.25, 0.3) is 0 Å². The molecule has 1 aromatic carbocycles. The number of hydrogen-bond acceptors (Lipinski definition) is 2. The quantitative estimate of drug-likeness (QED) is 0.912. The Kier molecular flexibility index (Phi) is 5.14. The molecule has 1 rings (SSSR count). The van der Waals surface area contributed by atoms with E-state index in [1.54, 1.807) is 13.2 Å². The van der Waals surface area contributed by atoms with Crippen LogP contribution in [0.2, 0.25) is 5.02 Å². The van der Waals surface area contributed by atoms with Gasteiger partial charge in [-0.2, -0.15) is 0 Å². The maximum atomic E-state index is 13.6. The highest BCUT2D eigenvalue weighted by atomic mass is 35.5. The minimum Gasteiger partial charge on any atom is -0.379 e. The molecule has 0 saturated carbocycles. The molecule has 0 bridgehead atoms. The number of halogens is 2. The first-order chi connectivity index (χ1) is 8.25. The van der Waals surface area contributed by atoms with E-state index in [2.05, 4.69) is 20.8 Å². The van der Waals surface area contributed by atoms with Crippen LogP contribution >= 0.6 is 11.6 Å². The van der Waals surface area contributed by atoms with Crippen LogP contribution in [0.1, 0.15) is 26.3 Å². The van der Waals surface area contributed by atoms with Gasteiger partial charge < -0.3 is 10.5 Å². The van der Waals surface area contributed by atoms with E-state index in [-0.39, 0.29) is 23.4 Å². The van der Waals surface area contributed by atoms with Crippen LogP contribution in [0.5, 0.6) is 0 Å². The number of methoxy groups -OCH3 is 1. The first-order valence-electron chi connectivity index (χ1n) is 5.98. The van der Waals surface area contributed by atoms with Crippen LogP contribution in [0, 0.1) is 11.2 Å². The summed E-state index contributed by atoms with van der Waals surface area (Å²) in [5.41, 5.74) is 6.57. The van der Waals surface area contributed by atoms with Gasteiger partial charge >= 0.3 is 0 Å². The highest BCUT2D eigenvalue weighted by Gasteiger charge is 2.30. The predicted molar refractivity (Wildman–Crippen MR) is 73.3 cm³/mol. The maximum Gasteiger partial charge on any atom is 0.126 e. The van der Waals surface area contributed by atoms with Crippen LogP contribution in [-0.2, 0) is 11.2 Å². The molecule has 0 amide bonds. The Morgan fingerprint density at radius 2 is 2.00 bits per heavy atom. The van der Waals surface area contributed by atoms with Crippen molar-refractivity contribution in [3.05, 3.63) is 34.6 Å². The molecule has 0 aliphatic carbocycles. The monoisotopic (exact) mass is 273 g/mol. The second-order valence-corrected chi connectivity index (χ2v) is 6.06. The molecule has 0 heterocycles. The summed E-state index contributed by atoms with van der Waals surface area (Å²) in [7, 11) is 1.63. The molecule has 0 saturated heterocycles. The van der Waals surface area contributed by atoms with E-state index in [1.165, 1.54) is 12.1 Å². The predicted octanol–water partition coefficient (Wildman–Crippen LogP) is 3.41. The minimum absolute atomic E-state index is 0.0940. The lowest BCUT2D eigenvalue weighted by Gasteiger charge is -2.34. The molecule has 102 valence electrons. The molecule has 0 fully saturated rings. The molecule has 4 heteroatoms. The summed E-state index contributed by atoms with van der Waals surface area (Å²) in [6, 6.07) is 4.24. The summed E-state index contributed by atoms with van der Waals surface area (Å²) in [5, 5.41) is 0.517. The Hall–Kier alpha value is -0.640. The molecule has 2 nitrogen and oxygen atoms in total. The second-order valence-electron chi connectivity index (χ2n) is 5.63. The summed E-state index contributed by atoms with van der Waals surface area (Å²) >= 11 is 5.86. The first-order valence-corrected chi connectivity index (χ1v) is 6.36. The Morgan fingerprint density at radius 3 is 2.50 bits per heavy atom. The van der Waals surface area contributed by atoms with Crippen molar-refractivity contribution in [2.24, 2.45) is 11.1 Å². The van der Waals surface area contributed by atoms with E-state index in [0.717, 1.165) is 0 Å². The van der Waals surface area contributed by atoms with Crippen molar-refractivity contribution in [2.75, 3.05) is 7.11 Å². The fourth-order valence-electron chi connectivity index (χ4n) is 2.23. The average molecular weight is 274 g/mol. The molecule has 0 aliphatic rings. The second kappa shape index (κ2) is 6.00. The third kappa shape index (κ3) is 3.94. The number of hydrogen-bond donors (Lipinski definition) is 1. The van der Waals surface area contributed by atoms with Crippen LogP contribution in [0.4, 0.5) is 4.39 Å². The Bertz CT molecular complexity index is 403. The van der Waals surface area contributed by atoms with Gasteiger partial charge in [0.1, 0.15) is 5.82 Å². The zero-order valence-electron chi connectivity index (χ0n) is 11.3. The van der Waals surface area contributed by atoms with Crippen molar-refractivity contribution >= 4 is 11.6 Å². The van der Waals surface area contributed by atoms with Crippen LogP contribution in [0.25, 0.3) is 0 Å². The first kappa shape index (κ1) is 15.4. The van der Waals surface area contributed by atoms with Crippen LogP contribution in [0.15, 0.2) is 18.2 Å². The summed E-state index contributed by atoms with van der Waals surface area (Å²) < 4.78 is 19.1. The third-order valence-electron chi connectivity index (χ3n) is 2.96. The Labute approximate surface area is 113 Å². The van der Waals surface area contributed by atoms with Crippen LogP contribution < -0.4 is 5.73 Å². The fourth-order valence-corrected chi connectivity index (χ4v) is 2.43. The van der Waals surface area contributed by atoms with Crippen molar-refractivity contribution in [1.82, 2.24) is 0 Å². The normalized spacial score (nSPS) is 15.5. The molecule has 1 aromatic rings. The lowest BCUT2D eigenvalue weighted by atomic mass is 9.83. The van der Waals surface area contributed by atoms with Crippen molar-refractivity contribution < 1.29 is 9.13 Å². The summed E-state index contributed by atoms with van der Waals surface area (Å²) in [5.74, 6) is -0.279. The van der Waals surface area contributed by atoms with Crippen molar-refractivity contribution in [2.45, 2.75) is 39.3 Å². The van der Waals surface area contributed by atoms with Crippen molar-refractivity contribution in [3.63, 3.8) is 0 Å². The van der Waals surface area contributed by atoms with Gasteiger partial charge in [-0.15, -0.1) is 0 Å². The number of benzene rings is 1. The van der Waals surface area contributed by atoms with Gasteiger partial charge in [0.2, 0.25) is 0 Å². The van der Waals surface area contributed by atoms with Gasteiger partial charge in [0.15, 0.2) is 0 Å². The Balaban J connectivity index is 2.86. The van der Waals surface area contributed by atoms with Gasteiger partial charge in [0.05, 0.1) is 6.10 Å². The van der Waals surface area contributed by atoms with E-state index in [4.69, 9.17) is 22.1 Å². The minimum atomic E-state index is -0.279. The van der Waals surface area contributed by atoms with E-state index < -0.39 is 0 Å². The highest BCUT2D eigenvalue weighted by molar-refractivity contribution is 6.30. The largest absolute Gasteiger partial charge is 0.379 e. The molecule has 0 radical (unpaired) electrons. The van der Waals surface area contributed by atoms with E-state index in [0.29, 0.717) is 17.0 Å². The molecule has 2 N–H and O–H groups in total. The smallest absolute Gasteiger partial charge is 0.126 e. The lowest BCUT2D eigenvalue weighted by molar-refractivity contribution is -0.00180. The van der Waals surface area contributed by atoms with Crippen LogP contribution in [-0.4, -0.2) is 19.3 Å². The fraction of sp³-hybridized carbons (Fsp3) is 0.571. The zero-order valence-corrected chi connectivity index (χ0v) is 12.1. The molecule has 0 aliphatic heterocycles. The highest BCUT2D eigenvalue weighted by Crippen LogP contribution is 2.26. The SMILES string of the molecule is COC(C(N)Cc1cc(Cl)ccc1F)C(C)(C)C. The molecular weight excluding hydrogens is 253 g/mol. The average Bonchev–Trinajstić information content (AvgIpc) is 2.22. The van der Waals surface area contributed by atoms with E-state index in [9.17, 15) is 4.39 Å². The summed E-state index contributed by atoms with van der Waals surface area (Å²) in [6.07, 6.45) is 0.262. The Morgan fingerprint density at radius 1 is 1.39 bits per heavy atom. The van der Waals surface area contributed by atoms with Crippen molar-refractivity contribution in [1.29, 1.82) is 0 Å². The molecule has 18 heavy (non-hydrogen) atoms. The third-order valence-corrected chi connectivity index (χ3v) is 3.19. The van der Waals surface area contributed by atoms with Crippen LogP contribution in [0.3, 0.4) is 0 Å². The number of rotatable bonds is 4. The van der Waals surface area contributed by atoms with Gasteiger partial charge in [0, 0.05) is 18.2 Å². The van der Waals surface area contributed by atoms with Crippen molar-refractivity contribution in [3.8, 4) is 0 Å². The molecule has 2 atom stereocenters. The maximum absolute atomic E-state index is 13.6. The van der Waals surface area contributed by atoms with Gasteiger partial charge in [-0.1, -0.05) is 32.4 Å². The van der Waals surface area contributed by atoms with E-state index >= 15 is 0 Å². The topological polar surface area (TPSA) is 35.2 Å². The lowest BCUT2D eigenvalue weighted by Crippen LogP contribution is -2.46. The zero-order chi connectivity index (χ0) is 13.9. The number of ether oxygens (including phenoxy) is 1. The molecule has 0 aromatic heterocycles. The molecule has 0 spiro atoms. The van der Waals surface area contributed by atoms with Gasteiger partial charge in [-0.3, -0.25) is 0 Å². The molecular formula is C14H21ClFNO. The number of nitrogens with two attached hydrogens (primary N) is 1. The van der Waals surface area contributed by atoms with E-state index in [1.807, 2.05) is 0 Å².